The van der Waals surface area contributed by atoms with E-state index in [1.54, 1.807) is 12.1 Å². The number of nitrogen functional groups attached to an aromatic ring is 2. The van der Waals surface area contributed by atoms with E-state index >= 15 is 0 Å². The number of anilines is 2. The highest BCUT2D eigenvalue weighted by Gasteiger charge is 2.43. The van der Waals surface area contributed by atoms with Crippen LogP contribution >= 0.6 is 23.2 Å². The molecule has 9 heteroatoms. The van der Waals surface area contributed by atoms with Crippen molar-refractivity contribution in [1.29, 1.82) is 0 Å². The van der Waals surface area contributed by atoms with Crippen LogP contribution < -0.4 is 11.5 Å². The first-order valence-corrected chi connectivity index (χ1v) is 13.0. The number of ether oxygens (including phenoxy) is 1. The van der Waals surface area contributed by atoms with E-state index in [1.807, 2.05) is 36.4 Å². The van der Waals surface area contributed by atoms with Gasteiger partial charge < -0.3 is 16.2 Å². The molecule has 1 aliphatic carbocycles. The summed E-state index contributed by atoms with van der Waals surface area (Å²) in [5.74, 6) is -1.12. The molecule has 38 heavy (non-hydrogen) atoms. The van der Waals surface area contributed by atoms with Crippen LogP contribution in [0.3, 0.4) is 0 Å². The Kier molecular flexibility index (Phi) is 7.40. The summed E-state index contributed by atoms with van der Waals surface area (Å²) < 4.78 is 5.34. The van der Waals surface area contributed by atoms with Crippen LogP contribution in [0.4, 0.5) is 11.4 Å². The lowest BCUT2D eigenvalue weighted by molar-refractivity contribution is -0.137. The molecule has 1 aliphatic heterocycles. The van der Waals surface area contributed by atoms with Crippen LogP contribution in [0.5, 0.6) is 0 Å². The number of amides is 1. The minimum atomic E-state index is -0.687. The first-order chi connectivity index (χ1) is 18.3. The molecule has 5 rings (SSSR count). The van der Waals surface area contributed by atoms with Crippen molar-refractivity contribution < 1.29 is 14.3 Å². The van der Waals surface area contributed by atoms with Gasteiger partial charge in [0.2, 0.25) is 0 Å². The number of nitrogens with zero attached hydrogens (tertiary/aromatic N) is 2. The summed E-state index contributed by atoms with van der Waals surface area (Å²) in [5, 5.41) is 7.53. The zero-order valence-electron chi connectivity index (χ0n) is 20.4. The predicted molar refractivity (Wildman–Crippen MR) is 151 cm³/mol. The van der Waals surface area contributed by atoms with Crippen LogP contribution in [0, 0.1) is 5.92 Å². The van der Waals surface area contributed by atoms with Gasteiger partial charge in [-0.1, -0.05) is 47.5 Å². The van der Waals surface area contributed by atoms with Crippen molar-refractivity contribution in [3.05, 3.63) is 99.0 Å². The fourth-order valence-electron chi connectivity index (χ4n) is 5.03. The Morgan fingerprint density at radius 2 is 1.61 bits per heavy atom. The maximum absolute atomic E-state index is 13.4. The third-order valence-electron chi connectivity index (χ3n) is 6.72. The van der Waals surface area contributed by atoms with Gasteiger partial charge >= 0.3 is 5.97 Å². The normalized spacial score (nSPS) is 19.7. The van der Waals surface area contributed by atoms with Crippen molar-refractivity contribution in [1.82, 2.24) is 5.01 Å². The summed E-state index contributed by atoms with van der Waals surface area (Å²) in [6.07, 6.45) is 4.77. The summed E-state index contributed by atoms with van der Waals surface area (Å²) in [6, 6.07) is 19.1. The standard InChI is InChI=1S/C29H26Cl2N4O3/c30-21-8-4-17(5-9-21)12-19-2-1-3-25-27(19)34-35(28(25)18-6-10-22(31)11-7-18)26(36)16-38-29(37)20-13-23(32)15-24(33)14-20/h4-15,25,28H,1-3,16,32-33H2. The Balaban J connectivity index is 1.43. The van der Waals surface area contributed by atoms with E-state index < -0.39 is 18.5 Å². The number of hydrogen-bond donors (Lipinski definition) is 2. The van der Waals surface area contributed by atoms with Crippen LogP contribution in [0.25, 0.3) is 6.08 Å². The van der Waals surface area contributed by atoms with Crippen LogP contribution in [0.2, 0.25) is 10.0 Å². The molecule has 2 atom stereocenters. The molecule has 0 spiro atoms. The second-order valence-electron chi connectivity index (χ2n) is 9.40. The third kappa shape index (κ3) is 5.54. The van der Waals surface area contributed by atoms with E-state index in [0.29, 0.717) is 21.4 Å². The van der Waals surface area contributed by atoms with Gasteiger partial charge in [0.05, 0.1) is 17.3 Å². The number of fused-ring (bicyclic) bond motifs is 1. The van der Waals surface area contributed by atoms with E-state index in [9.17, 15) is 9.59 Å². The molecule has 2 unspecified atom stereocenters. The van der Waals surface area contributed by atoms with E-state index in [2.05, 4.69) is 6.08 Å². The van der Waals surface area contributed by atoms with Crippen LogP contribution in [0.15, 0.2) is 77.4 Å². The SMILES string of the molecule is Nc1cc(N)cc(C(=O)OCC(=O)N2N=C3C(=Cc4ccc(Cl)cc4)CCCC3C2c2ccc(Cl)cc2)c1. The molecule has 3 aromatic rings. The van der Waals surface area contributed by atoms with Crippen LogP contribution in [0.1, 0.15) is 46.8 Å². The fourth-order valence-corrected chi connectivity index (χ4v) is 5.28. The minimum absolute atomic E-state index is 0.00292. The maximum atomic E-state index is 13.4. The van der Waals surface area contributed by atoms with Crippen molar-refractivity contribution in [2.24, 2.45) is 11.0 Å². The highest BCUT2D eigenvalue weighted by Crippen LogP contribution is 2.44. The lowest BCUT2D eigenvalue weighted by atomic mass is 9.77. The number of benzene rings is 3. The molecule has 7 nitrogen and oxygen atoms in total. The Labute approximate surface area is 230 Å². The monoisotopic (exact) mass is 548 g/mol. The zero-order valence-corrected chi connectivity index (χ0v) is 22.0. The molecule has 0 bridgehead atoms. The Bertz CT molecular complexity index is 1410. The molecule has 0 radical (unpaired) electrons. The highest BCUT2D eigenvalue weighted by molar-refractivity contribution is 6.30. The number of esters is 1. The number of allylic oxidation sites excluding steroid dienone is 1. The number of hydrogen-bond acceptors (Lipinski definition) is 6. The Morgan fingerprint density at radius 1 is 0.974 bits per heavy atom. The number of carbonyl (C=O) groups excluding carboxylic acids is 2. The molecule has 0 aromatic heterocycles. The van der Waals surface area contributed by atoms with E-state index in [1.165, 1.54) is 23.2 Å². The average molecular weight is 549 g/mol. The maximum Gasteiger partial charge on any atom is 0.338 e. The number of hydrazone groups is 1. The highest BCUT2D eigenvalue weighted by atomic mass is 35.5. The second kappa shape index (κ2) is 10.9. The molecule has 1 fully saturated rings. The summed E-state index contributed by atoms with van der Waals surface area (Å²) in [7, 11) is 0. The molecule has 2 aliphatic rings. The molecular weight excluding hydrogens is 523 g/mol. The van der Waals surface area contributed by atoms with Crippen molar-refractivity contribution in [2.45, 2.75) is 25.3 Å². The molecule has 0 saturated heterocycles. The quantitative estimate of drug-likeness (QED) is 0.294. The average Bonchev–Trinajstić information content (AvgIpc) is 3.29. The van der Waals surface area contributed by atoms with E-state index in [-0.39, 0.29) is 17.5 Å². The van der Waals surface area contributed by atoms with Crippen molar-refractivity contribution in [2.75, 3.05) is 18.1 Å². The number of rotatable bonds is 5. The molecular formula is C29H26Cl2N4O3. The topological polar surface area (TPSA) is 111 Å². The number of carbonyl (C=O) groups is 2. The summed E-state index contributed by atoms with van der Waals surface area (Å²) in [4.78, 5) is 26.1. The molecule has 4 N–H and O–H groups in total. The summed E-state index contributed by atoms with van der Waals surface area (Å²) in [5.41, 5.74) is 16.3. The van der Waals surface area contributed by atoms with Gasteiger partial charge in [0.1, 0.15) is 0 Å². The van der Waals surface area contributed by atoms with Gasteiger partial charge in [0, 0.05) is 27.3 Å². The van der Waals surface area contributed by atoms with Gasteiger partial charge in [-0.05, 0) is 84.5 Å². The van der Waals surface area contributed by atoms with Crippen LogP contribution in [-0.4, -0.2) is 29.2 Å². The zero-order chi connectivity index (χ0) is 26.8. The lowest BCUT2D eigenvalue weighted by Crippen LogP contribution is -2.34. The molecule has 1 amide bonds. The van der Waals surface area contributed by atoms with E-state index in [4.69, 9.17) is 44.5 Å². The first kappa shape index (κ1) is 25.8. The fraction of sp³-hybridized carbons (Fsp3) is 0.207. The largest absolute Gasteiger partial charge is 0.452 e. The molecule has 1 saturated carbocycles. The van der Waals surface area contributed by atoms with Crippen molar-refractivity contribution in [3.8, 4) is 0 Å². The third-order valence-corrected chi connectivity index (χ3v) is 7.22. The summed E-state index contributed by atoms with van der Waals surface area (Å²) in [6.45, 7) is -0.475. The molecule has 1 heterocycles. The van der Waals surface area contributed by atoms with Gasteiger partial charge in [-0.25, -0.2) is 9.80 Å². The van der Waals surface area contributed by atoms with Gasteiger partial charge in [0.15, 0.2) is 6.61 Å². The van der Waals surface area contributed by atoms with Gasteiger partial charge in [-0.2, -0.15) is 5.10 Å². The minimum Gasteiger partial charge on any atom is -0.452 e. The van der Waals surface area contributed by atoms with E-state index in [0.717, 1.165) is 41.7 Å². The van der Waals surface area contributed by atoms with Crippen molar-refractivity contribution in [3.63, 3.8) is 0 Å². The van der Waals surface area contributed by atoms with Crippen LogP contribution in [-0.2, 0) is 9.53 Å². The first-order valence-electron chi connectivity index (χ1n) is 12.2. The van der Waals surface area contributed by atoms with Crippen molar-refractivity contribution >= 4 is 58.2 Å². The smallest absolute Gasteiger partial charge is 0.338 e. The summed E-state index contributed by atoms with van der Waals surface area (Å²) >= 11 is 12.2. The predicted octanol–water partition coefficient (Wildman–Crippen LogP) is 6.14. The van der Waals surface area contributed by atoms with Gasteiger partial charge in [0.25, 0.3) is 5.91 Å². The molecule has 194 valence electrons. The Morgan fingerprint density at radius 3 is 2.26 bits per heavy atom. The lowest BCUT2D eigenvalue weighted by Gasteiger charge is -2.29. The van der Waals surface area contributed by atoms with Gasteiger partial charge in [-0.15, -0.1) is 0 Å². The molecule has 3 aromatic carbocycles. The van der Waals surface area contributed by atoms with Gasteiger partial charge in [-0.3, -0.25) is 4.79 Å². The number of nitrogens with two attached hydrogens (primary N) is 2. The number of halogens is 2. The second-order valence-corrected chi connectivity index (χ2v) is 10.3. The Hall–Kier alpha value is -3.81.